The van der Waals surface area contributed by atoms with E-state index in [1.807, 2.05) is 19.0 Å². The van der Waals surface area contributed by atoms with Crippen LogP contribution in [-0.2, 0) is 4.74 Å². The summed E-state index contributed by atoms with van der Waals surface area (Å²) in [6, 6.07) is 0. The van der Waals surface area contributed by atoms with Gasteiger partial charge in [-0.3, -0.25) is 0 Å². The number of halogens is 2. The molecule has 0 aliphatic rings. The van der Waals surface area contributed by atoms with Crippen molar-refractivity contribution in [3.63, 3.8) is 0 Å². The van der Waals surface area contributed by atoms with Crippen LogP contribution in [0.2, 0.25) is 0 Å². The highest BCUT2D eigenvalue weighted by atomic mass is 19.3. The van der Waals surface area contributed by atoms with Crippen molar-refractivity contribution in [1.82, 2.24) is 4.90 Å². The van der Waals surface area contributed by atoms with Crippen molar-refractivity contribution >= 4 is 0 Å². The first kappa shape index (κ1) is 10.8. The molecule has 0 aromatic rings. The zero-order valence-corrected chi connectivity index (χ0v) is 7.02. The SMILES string of the molecule is CN(C)CCCCOC(F)F. The minimum Gasteiger partial charge on any atom is -0.323 e. The Morgan fingerprint density at radius 2 is 1.91 bits per heavy atom. The van der Waals surface area contributed by atoms with Crippen molar-refractivity contribution in [3.8, 4) is 0 Å². The van der Waals surface area contributed by atoms with E-state index in [-0.39, 0.29) is 6.61 Å². The van der Waals surface area contributed by atoms with Gasteiger partial charge in [-0.2, -0.15) is 8.78 Å². The summed E-state index contributed by atoms with van der Waals surface area (Å²) in [5.41, 5.74) is 0. The zero-order chi connectivity index (χ0) is 8.69. The Kier molecular flexibility index (Phi) is 6.36. The van der Waals surface area contributed by atoms with E-state index in [0.29, 0.717) is 6.42 Å². The molecule has 0 amide bonds. The van der Waals surface area contributed by atoms with Gasteiger partial charge < -0.3 is 9.64 Å². The van der Waals surface area contributed by atoms with Gasteiger partial charge in [0.1, 0.15) is 0 Å². The molecular weight excluding hydrogens is 152 g/mol. The molecule has 68 valence electrons. The zero-order valence-electron chi connectivity index (χ0n) is 7.02. The highest BCUT2D eigenvalue weighted by Crippen LogP contribution is 1.97. The molecule has 0 aliphatic carbocycles. The standard InChI is InChI=1S/C7H15F2NO/c1-10(2)5-3-4-6-11-7(8)9/h7H,3-6H2,1-2H3. The summed E-state index contributed by atoms with van der Waals surface area (Å²) < 4.78 is 26.8. The van der Waals surface area contributed by atoms with Crippen LogP contribution in [0.3, 0.4) is 0 Å². The molecule has 11 heavy (non-hydrogen) atoms. The van der Waals surface area contributed by atoms with Crippen LogP contribution in [0.25, 0.3) is 0 Å². The minimum absolute atomic E-state index is 0.158. The molecule has 0 bridgehead atoms. The summed E-state index contributed by atoms with van der Waals surface area (Å²) in [6.07, 6.45) is 1.60. The number of hydrogen-bond donors (Lipinski definition) is 0. The molecule has 0 saturated heterocycles. The van der Waals surface area contributed by atoms with Gasteiger partial charge >= 0.3 is 6.61 Å². The Balaban J connectivity index is 2.91. The molecule has 0 spiro atoms. The predicted molar refractivity (Wildman–Crippen MR) is 39.7 cm³/mol. The maximum absolute atomic E-state index is 11.4. The molecule has 0 fully saturated rings. The molecule has 0 N–H and O–H groups in total. The summed E-state index contributed by atoms with van der Waals surface area (Å²) >= 11 is 0. The summed E-state index contributed by atoms with van der Waals surface area (Å²) in [5.74, 6) is 0. The Morgan fingerprint density at radius 3 is 2.36 bits per heavy atom. The van der Waals surface area contributed by atoms with Gasteiger partial charge in [-0.15, -0.1) is 0 Å². The van der Waals surface area contributed by atoms with Crippen molar-refractivity contribution in [1.29, 1.82) is 0 Å². The fourth-order valence-corrected chi connectivity index (χ4v) is 0.703. The average Bonchev–Trinajstić information content (AvgIpc) is 1.85. The lowest BCUT2D eigenvalue weighted by atomic mass is 10.3. The Labute approximate surface area is 66.1 Å². The van der Waals surface area contributed by atoms with E-state index in [1.165, 1.54) is 0 Å². The van der Waals surface area contributed by atoms with Gasteiger partial charge in [0.15, 0.2) is 0 Å². The topological polar surface area (TPSA) is 12.5 Å². The van der Waals surface area contributed by atoms with E-state index in [9.17, 15) is 8.78 Å². The molecule has 0 aliphatic heterocycles. The van der Waals surface area contributed by atoms with Gasteiger partial charge in [0, 0.05) is 0 Å². The van der Waals surface area contributed by atoms with E-state index in [1.54, 1.807) is 0 Å². The van der Waals surface area contributed by atoms with Crippen LogP contribution in [-0.4, -0.2) is 38.8 Å². The lowest BCUT2D eigenvalue weighted by molar-refractivity contribution is -0.129. The van der Waals surface area contributed by atoms with E-state index in [0.717, 1.165) is 13.0 Å². The molecule has 0 radical (unpaired) electrons. The van der Waals surface area contributed by atoms with E-state index in [4.69, 9.17) is 0 Å². The molecular formula is C7H15F2NO. The highest BCUT2D eigenvalue weighted by Gasteiger charge is 1.99. The van der Waals surface area contributed by atoms with Gasteiger partial charge in [0.25, 0.3) is 0 Å². The number of unbranched alkanes of at least 4 members (excludes halogenated alkanes) is 1. The van der Waals surface area contributed by atoms with Crippen molar-refractivity contribution in [2.75, 3.05) is 27.2 Å². The second-order valence-corrected chi connectivity index (χ2v) is 2.64. The normalized spacial score (nSPS) is 11.5. The minimum atomic E-state index is -2.62. The average molecular weight is 167 g/mol. The molecule has 0 unspecified atom stereocenters. The molecule has 0 aromatic heterocycles. The number of ether oxygens (including phenoxy) is 1. The van der Waals surface area contributed by atoms with Gasteiger partial charge in [0.05, 0.1) is 6.61 Å². The second kappa shape index (κ2) is 6.49. The summed E-state index contributed by atoms with van der Waals surface area (Å²) in [7, 11) is 3.90. The van der Waals surface area contributed by atoms with Crippen molar-refractivity contribution in [2.24, 2.45) is 0 Å². The first-order valence-corrected chi connectivity index (χ1v) is 3.67. The number of rotatable bonds is 6. The Bertz CT molecular complexity index is 78.5. The lowest BCUT2D eigenvalue weighted by Crippen LogP contribution is -2.13. The van der Waals surface area contributed by atoms with Crippen molar-refractivity contribution in [3.05, 3.63) is 0 Å². The molecule has 4 heteroatoms. The van der Waals surface area contributed by atoms with Crippen LogP contribution < -0.4 is 0 Å². The summed E-state index contributed by atoms with van der Waals surface area (Å²) in [5, 5.41) is 0. The van der Waals surface area contributed by atoms with Crippen molar-refractivity contribution < 1.29 is 13.5 Å². The lowest BCUT2D eigenvalue weighted by Gasteiger charge is -2.08. The molecule has 0 atom stereocenters. The van der Waals surface area contributed by atoms with Crippen LogP contribution in [0.15, 0.2) is 0 Å². The second-order valence-electron chi connectivity index (χ2n) is 2.64. The maximum Gasteiger partial charge on any atom is 0.345 e. The largest absolute Gasteiger partial charge is 0.345 e. The quantitative estimate of drug-likeness (QED) is 0.557. The monoisotopic (exact) mass is 167 g/mol. The summed E-state index contributed by atoms with van der Waals surface area (Å²) in [6.45, 7) is -1.53. The Morgan fingerprint density at radius 1 is 1.27 bits per heavy atom. The third-order valence-corrected chi connectivity index (χ3v) is 1.24. The molecule has 0 heterocycles. The van der Waals surface area contributed by atoms with Crippen LogP contribution in [0.4, 0.5) is 8.78 Å². The fourth-order valence-electron chi connectivity index (χ4n) is 0.703. The first-order chi connectivity index (χ1) is 5.13. The molecule has 0 rings (SSSR count). The smallest absolute Gasteiger partial charge is 0.323 e. The predicted octanol–water partition coefficient (Wildman–Crippen LogP) is 1.57. The molecule has 2 nitrogen and oxygen atoms in total. The van der Waals surface area contributed by atoms with Gasteiger partial charge in [-0.05, 0) is 33.5 Å². The fraction of sp³-hybridized carbons (Fsp3) is 1.00. The third kappa shape index (κ3) is 9.78. The van der Waals surface area contributed by atoms with Crippen molar-refractivity contribution in [2.45, 2.75) is 19.5 Å². The van der Waals surface area contributed by atoms with Crippen LogP contribution in [0.1, 0.15) is 12.8 Å². The van der Waals surface area contributed by atoms with E-state index >= 15 is 0 Å². The first-order valence-electron chi connectivity index (χ1n) is 3.67. The maximum atomic E-state index is 11.4. The number of nitrogens with zero attached hydrogens (tertiary/aromatic N) is 1. The Hall–Kier alpha value is -0.220. The molecule has 0 saturated carbocycles. The van der Waals surface area contributed by atoms with Crippen LogP contribution in [0.5, 0.6) is 0 Å². The van der Waals surface area contributed by atoms with Crippen LogP contribution >= 0.6 is 0 Å². The number of hydrogen-bond acceptors (Lipinski definition) is 2. The number of alkyl halides is 2. The third-order valence-electron chi connectivity index (χ3n) is 1.24. The van der Waals surface area contributed by atoms with Gasteiger partial charge in [0.2, 0.25) is 0 Å². The van der Waals surface area contributed by atoms with E-state index < -0.39 is 6.61 Å². The van der Waals surface area contributed by atoms with Gasteiger partial charge in [-0.25, -0.2) is 0 Å². The highest BCUT2D eigenvalue weighted by molar-refractivity contribution is 4.43. The molecule has 0 aromatic carbocycles. The summed E-state index contributed by atoms with van der Waals surface area (Å²) in [4.78, 5) is 2.02. The van der Waals surface area contributed by atoms with Crippen LogP contribution in [0, 0.1) is 0 Å². The van der Waals surface area contributed by atoms with Gasteiger partial charge in [-0.1, -0.05) is 0 Å². The van der Waals surface area contributed by atoms with E-state index in [2.05, 4.69) is 4.74 Å².